The van der Waals surface area contributed by atoms with E-state index in [0.29, 0.717) is 12.8 Å². The molecule has 0 radical (unpaired) electrons. The van der Waals surface area contributed by atoms with E-state index in [2.05, 4.69) is 4.72 Å². The molecule has 100 valence electrons. The predicted octanol–water partition coefficient (Wildman–Crippen LogP) is 3.42. The Kier molecular flexibility index (Phi) is 5.04. The molecule has 0 saturated heterocycles. The van der Waals surface area contributed by atoms with Crippen LogP contribution in [0.25, 0.3) is 0 Å². The molecule has 0 fully saturated rings. The Bertz CT molecular complexity index is 571. The quantitative estimate of drug-likeness (QED) is 0.901. The maximum Gasteiger partial charge on any atom is 0.244 e. The van der Waals surface area contributed by atoms with Gasteiger partial charge in [0.1, 0.15) is 14.8 Å². The van der Waals surface area contributed by atoms with Crippen molar-refractivity contribution < 1.29 is 8.42 Å². The molecule has 1 heterocycles. The summed E-state index contributed by atoms with van der Waals surface area (Å²) < 4.78 is 27.1. The monoisotopic (exact) mass is 326 g/mol. The highest BCUT2D eigenvalue weighted by Crippen LogP contribution is 2.35. The Hall–Kier alpha value is -0.320. The van der Waals surface area contributed by atoms with Gasteiger partial charge in [-0.05, 0) is 18.9 Å². The fourth-order valence-corrected chi connectivity index (χ4v) is 5.01. The zero-order valence-corrected chi connectivity index (χ0v) is 13.0. The van der Waals surface area contributed by atoms with Crippen molar-refractivity contribution in [3.63, 3.8) is 0 Å². The molecule has 18 heavy (non-hydrogen) atoms. The fourth-order valence-electron chi connectivity index (χ4n) is 1.40. The third-order valence-corrected chi connectivity index (χ3v) is 5.96. The number of hydrogen-bond donors (Lipinski definition) is 1. The van der Waals surface area contributed by atoms with E-state index in [4.69, 9.17) is 28.5 Å². The molecular formula is C10H12Cl2N2O2S2. The molecule has 0 bridgehead atoms. The Labute approximate surface area is 121 Å². The second kappa shape index (κ2) is 5.76. The van der Waals surface area contributed by atoms with Crippen molar-refractivity contribution in [1.82, 2.24) is 4.72 Å². The molecule has 0 unspecified atom stereocenters. The van der Waals surface area contributed by atoms with Crippen molar-refractivity contribution in [2.75, 3.05) is 0 Å². The first-order valence-electron chi connectivity index (χ1n) is 5.20. The third-order valence-electron chi connectivity index (χ3n) is 2.67. The van der Waals surface area contributed by atoms with E-state index < -0.39 is 15.6 Å². The predicted molar refractivity (Wildman–Crippen MR) is 73.6 cm³/mol. The molecule has 8 heteroatoms. The highest BCUT2D eigenvalue weighted by atomic mass is 35.5. The van der Waals surface area contributed by atoms with Gasteiger partial charge in [0.2, 0.25) is 10.0 Å². The molecule has 0 saturated carbocycles. The van der Waals surface area contributed by atoms with Gasteiger partial charge in [0.25, 0.3) is 0 Å². The lowest BCUT2D eigenvalue weighted by Gasteiger charge is -2.24. The van der Waals surface area contributed by atoms with Crippen LogP contribution in [0.3, 0.4) is 0 Å². The van der Waals surface area contributed by atoms with Gasteiger partial charge in [-0.2, -0.15) is 9.98 Å². The molecule has 1 aromatic rings. The van der Waals surface area contributed by atoms with E-state index in [1.807, 2.05) is 6.07 Å². The van der Waals surface area contributed by atoms with Crippen molar-refractivity contribution in [3.05, 3.63) is 14.7 Å². The average Bonchev–Trinajstić information content (AvgIpc) is 2.66. The summed E-state index contributed by atoms with van der Waals surface area (Å²) >= 11 is 12.5. The second-order valence-corrected chi connectivity index (χ2v) is 7.63. The van der Waals surface area contributed by atoms with E-state index in [1.165, 1.54) is 6.07 Å². The smallest absolute Gasteiger partial charge is 0.207 e. The number of rotatable bonds is 5. The van der Waals surface area contributed by atoms with Crippen LogP contribution < -0.4 is 4.72 Å². The van der Waals surface area contributed by atoms with Gasteiger partial charge < -0.3 is 0 Å². The summed E-state index contributed by atoms with van der Waals surface area (Å²) in [5, 5.41) is 9.13. The maximum atomic E-state index is 12.2. The van der Waals surface area contributed by atoms with Gasteiger partial charge >= 0.3 is 0 Å². The van der Waals surface area contributed by atoms with Gasteiger partial charge in [0.15, 0.2) is 0 Å². The molecule has 0 aliphatic carbocycles. The average molecular weight is 327 g/mol. The highest BCUT2D eigenvalue weighted by Gasteiger charge is 2.33. The molecule has 0 spiro atoms. The summed E-state index contributed by atoms with van der Waals surface area (Å²) in [6, 6.07) is 3.29. The maximum absolute atomic E-state index is 12.2. The molecule has 0 amide bonds. The molecule has 1 aromatic heterocycles. The lowest BCUT2D eigenvalue weighted by Crippen LogP contribution is -2.46. The summed E-state index contributed by atoms with van der Waals surface area (Å²) in [6.45, 7) is 3.49. The molecule has 0 aromatic carbocycles. The summed E-state index contributed by atoms with van der Waals surface area (Å²) in [5.74, 6) is 0. The van der Waals surface area contributed by atoms with Crippen molar-refractivity contribution in [2.45, 2.75) is 37.1 Å². The minimum absolute atomic E-state index is 0.0827. The molecule has 1 N–H and O–H groups in total. The van der Waals surface area contributed by atoms with Gasteiger partial charge in [-0.25, -0.2) is 8.42 Å². The van der Waals surface area contributed by atoms with E-state index >= 15 is 0 Å². The van der Waals surface area contributed by atoms with Crippen LogP contribution in [0, 0.1) is 11.3 Å². The SMILES string of the molecule is CCC(C#N)(CC)NS(=O)(=O)c1cc(Cl)sc1Cl. The van der Waals surface area contributed by atoms with Gasteiger partial charge in [0.05, 0.1) is 10.4 Å². The van der Waals surface area contributed by atoms with Crippen LogP contribution >= 0.6 is 34.5 Å². The highest BCUT2D eigenvalue weighted by molar-refractivity contribution is 7.89. The second-order valence-electron chi connectivity index (χ2n) is 3.69. The minimum Gasteiger partial charge on any atom is -0.207 e. The number of sulfonamides is 1. The summed E-state index contributed by atoms with van der Waals surface area (Å²) in [6.07, 6.45) is 0.740. The summed E-state index contributed by atoms with van der Waals surface area (Å²) in [7, 11) is -3.84. The van der Waals surface area contributed by atoms with E-state index in [9.17, 15) is 8.42 Å². The number of halogens is 2. The molecule has 0 aliphatic heterocycles. The molecule has 0 aliphatic rings. The number of nitriles is 1. The minimum atomic E-state index is -3.84. The van der Waals surface area contributed by atoms with Crippen molar-refractivity contribution in [3.8, 4) is 6.07 Å². The van der Waals surface area contributed by atoms with Crippen LogP contribution in [0.4, 0.5) is 0 Å². The van der Waals surface area contributed by atoms with Crippen LogP contribution in [0.1, 0.15) is 26.7 Å². The van der Waals surface area contributed by atoms with Gasteiger partial charge in [-0.15, -0.1) is 11.3 Å². The largest absolute Gasteiger partial charge is 0.244 e. The van der Waals surface area contributed by atoms with Crippen LogP contribution in [0.5, 0.6) is 0 Å². The topological polar surface area (TPSA) is 70.0 Å². The first kappa shape index (κ1) is 15.7. The number of thiophene rings is 1. The van der Waals surface area contributed by atoms with Gasteiger partial charge in [-0.1, -0.05) is 37.0 Å². The number of hydrogen-bond acceptors (Lipinski definition) is 4. The van der Waals surface area contributed by atoms with E-state index in [0.717, 1.165) is 11.3 Å². The Morgan fingerprint density at radius 3 is 2.33 bits per heavy atom. The Balaban J connectivity index is 3.17. The Morgan fingerprint density at radius 2 is 2.00 bits per heavy atom. The molecular weight excluding hydrogens is 315 g/mol. The molecule has 4 nitrogen and oxygen atoms in total. The summed E-state index contributed by atoms with van der Waals surface area (Å²) in [5.41, 5.74) is -1.11. The van der Waals surface area contributed by atoms with Crippen LogP contribution in [-0.2, 0) is 10.0 Å². The van der Waals surface area contributed by atoms with E-state index in [-0.39, 0.29) is 13.6 Å². The first-order chi connectivity index (χ1) is 8.30. The zero-order valence-electron chi connectivity index (χ0n) is 9.83. The van der Waals surface area contributed by atoms with Crippen molar-refractivity contribution in [1.29, 1.82) is 5.26 Å². The van der Waals surface area contributed by atoms with Crippen LogP contribution in [0.2, 0.25) is 8.67 Å². The molecule has 1 rings (SSSR count). The summed E-state index contributed by atoms with van der Waals surface area (Å²) in [4.78, 5) is -0.0827. The lowest BCUT2D eigenvalue weighted by atomic mass is 9.97. The standard InChI is InChI=1S/C10H12Cl2N2O2S2/c1-3-10(4-2,6-13)14-18(15,16)7-5-8(11)17-9(7)12/h5,14H,3-4H2,1-2H3. The Morgan fingerprint density at radius 1 is 1.44 bits per heavy atom. The van der Waals surface area contributed by atoms with Gasteiger partial charge in [0, 0.05) is 0 Å². The third kappa shape index (κ3) is 3.16. The van der Waals surface area contributed by atoms with Crippen LogP contribution in [0.15, 0.2) is 11.0 Å². The molecule has 0 atom stereocenters. The zero-order chi connectivity index (χ0) is 14.0. The number of nitrogens with one attached hydrogen (secondary N) is 1. The van der Waals surface area contributed by atoms with Crippen LogP contribution in [-0.4, -0.2) is 14.0 Å². The first-order valence-corrected chi connectivity index (χ1v) is 8.26. The lowest BCUT2D eigenvalue weighted by molar-refractivity contribution is 0.446. The van der Waals surface area contributed by atoms with Crippen molar-refractivity contribution in [2.24, 2.45) is 0 Å². The van der Waals surface area contributed by atoms with Gasteiger partial charge in [-0.3, -0.25) is 0 Å². The number of nitrogens with zero attached hydrogens (tertiary/aromatic N) is 1. The van der Waals surface area contributed by atoms with Crippen molar-refractivity contribution >= 4 is 44.6 Å². The normalized spacial score (nSPS) is 12.4. The fraction of sp³-hybridized carbons (Fsp3) is 0.500. The van der Waals surface area contributed by atoms with E-state index in [1.54, 1.807) is 13.8 Å².